The Balaban J connectivity index is 1.87. The number of carbonyl (C=O) groups excluding carboxylic acids is 1. The minimum atomic E-state index is -1.17. The van der Waals surface area contributed by atoms with Gasteiger partial charge in [0, 0.05) is 5.69 Å². The molecule has 26 heavy (non-hydrogen) atoms. The summed E-state index contributed by atoms with van der Waals surface area (Å²) in [4.78, 5) is 14.1. The first kappa shape index (κ1) is 18.4. The molecule has 1 heterocycles. The second-order valence-electron chi connectivity index (χ2n) is 7.90. The molecule has 0 N–H and O–H groups in total. The number of halogens is 1. The third-order valence-corrected chi connectivity index (χ3v) is 4.98. The van der Waals surface area contributed by atoms with Crippen molar-refractivity contribution in [1.82, 2.24) is 0 Å². The summed E-state index contributed by atoms with van der Waals surface area (Å²) in [5, 5.41) is 0. The van der Waals surface area contributed by atoms with E-state index in [1.165, 1.54) is 5.56 Å². The van der Waals surface area contributed by atoms with Crippen LogP contribution in [-0.2, 0) is 16.6 Å². The van der Waals surface area contributed by atoms with E-state index in [9.17, 15) is 9.18 Å². The summed E-state index contributed by atoms with van der Waals surface area (Å²) in [5.41, 5.74) is 2.95. The summed E-state index contributed by atoms with van der Waals surface area (Å²) in [6.07, 6.45) is -0.767. The molecule has 2 aromatic carbocycles. The molecule has 4 heteroatoms. The first-order chi connectivity index (χ1) is 12.3. The van der Waals surface area contributed by atoms with Gasteiger partial charge in [-0.1, -0.05) is 45.0 Å². The third kappa shape index (κ3) is 3.74. The third-order valence-electron chi connectivity index (χ3n) is 4.98. The lowest BCUT2D eigenvalue weighted by Gasteiger charge is -2.27. The maximum atomic E-state index is 14.6. The highest BCUT2D eigenvalue weighted by atomic mass is 19.1. The van der Waals surface area contributed by atoms with Crippen molar-refractivity contribution in [2.75, 3.05) is 12.0 Å². The molecule has 3 nitrogen and oxygen atoms in total. The lowest BCUT2D eigenvalue weighted by Crippen LogP contribution is -2.37. The molecule has 2 unspecified atom stereocenters. The highest BCUT2D eigenvalue weighted by molar-refractivity contribution is 5.97. The molecule has 1 aliphatic heterocycles. The van der Waals surface area contributed by atoms with E-state index in [4.69, 9.17) is 4.74 Å². The van der Waals surface area contributed by atoms with Crippen molar-refractivity contribution in [3.63, 3.8) is 0 Å². The predicted molar refractivity (Wildman–Crippen MR) is 103 cm³/mol. The van der Waals surface area contributed by atoms with Crippen molar-refractivity contribution < 1.29 is 13.9 Å². The Kier molecular flexibility index (Phi) is 5.03. The summed E-state index contributed by atoms with van der Waals surface area (Å²) >= 11 is 0. The van der Waals surface area contributed by atoms with Gasteiger partial charge in [0.1, 0.15) is 11.9 Å². The molecule has 1 aliphatic rings. The number of rotatable bonds is 4. The monoisotopic (exact) mass is 355 g/mol. The maximum absolute atomic E-state index is 14.6. The van der Waals surface area contributed by atoms with Crippen molar-refractivity contribution in [2.45, 2.75) is 51.2 Å². The van der Waals surface area contributed by atoms with Crippen LogP contribution in [0.5, 0.6) is 5.75 Å². The molecule has 2 aromatic rings. The quantitative estimate of drug-likeness (QED) is 0.797. The van der Waals surface area contributed by atoms with Crippen LogP contribution in [0.2, 0.25) is 0 Å². The summed E-state index contributed by atoms with van der Waals surface area (Å²) < 4.78 is 19.9. The Bertz CT molecular complexity index is 779. The van der Waals surface area contributed by atoms with Crippen LogP contribution in [0.15, 0.2) is 48.5 Å². The average Bonchev–Trinajstić information content (AvgIpc) is 2.88. The molecule has 0 radical (unpaired) electrons. The number of hydrogen-bond acceptors (Lipinski definition) is 2. The van der Waals surface area contributed by atoms with Gasteiger partial charge in [0.15, 0.2) is 0 Å². The smallest absolute Gasteiger partial charge is 0.230 e. The van der Waals surface area contributed by atoms with Crippen LogP contribution in [-0.4, -0.2) is 25.2 Å². The summed E-state index contributed by atoms with van der Waals surface area (Å²) in [7, 11) is 1.61. The number of hydrogen-bond donors (Lipinski definition) is 0. The fraction of sp³-hybridized carbons (Fsp3) is 0.409. The summed E-state index contributed by atoms with van der Waals surface area (Å²) in [6, 6.07) is 15.0. The molecule has 0 bridgehead atoms. The fourth-order valence-corrected chi connectivity index (χ4v) is 3.47. The Morgan fingerprint density at radius 3 is 2.46 bits per heavy atom. The van der Waals surface area contributed by atoms with Crippen molar-refractivity contribution in [1.29, 1.82) is 0 Å². The Labute approximate surface area is 154 Å². The number of anilines is 1. The van der Waals surface area contributed by atoms with Crippen molar-refractivity contribution in [3.8, 4) is 5.75 Å². The zero-order valence-electron chi connectivity index (χ0n) is 15.8. The standard InChI is InChI=1S/C22H26FNO2/c1-22(2,3)16-8-10-17(11-9-16)24-20(19(23)14-21(24)25)13-15-6-5-7-18(12-15)26-4/h5-12,19-20H,13-14H2,1-4H3. The van der Waals surface area contributed by atoms with Gasteiger partial charge < -0.3 is 9.64 Å². The maximum Gasteiger partial charge on any atom is 0.230 e. The number of benzene rings is 2. The molecule has 1 amide bonds. The van der Waals surface area contributed by atoms with E-state index in [2.05, 4.69) is 20.8 Å². The molecule has 0 saturated carbocycles. The van der Waals surface area contributed by atoms with E-state index in [-0.39, 0.29) is 17.7 Å². The van der Waals surface area contributed by atoms with Crippen LogP contribution in [0.4, 0.5) is 10.1 Å². The number of nitrogens with zero attached hydrogens (tertiary/aromatic N) is 1. The number of amides is 1. The van der Waals surface area contributed by atoms with Crippen LogP contribution < -0.4 is 9.64 Å². The van der Waals surface area contributed by atoms with E-state index < -0.39 is 12.2 Å². The molecule has 2 atom stereocenters. The number of carbonyl (C=O) groups is 1. The van der Waals surface area contributed by atoms with Gasteiger partial charge in [0.05, 0.1) is 19.6 Å². The second kappa shape index (κ2) is 7.10. The topological polar surface area (TPSA) is 29.5 Å². The van der Waals surface area contributed by atoms with Gasteiger partial charge >= 0.3 is 0 Å². The van der Waals surface area contributed by atoms with Gasteiger partial charge in [-0.25, -0.2) is 4.39 Å². The highest BCUT2D eigenvalue weighted by Crippen LogP contribution is 2.33. The molecule has 1 saturated heterocycles. The summed E-state index contributed by atoms with van der Waals surface area (Å²) in [6.45, 7) is 6.44. The van der Waals surface area contributed by atoms with Crippen LogP contribution in [0.1, 0.15) is 38.3 Å². The normalized spacial score (nSPS) is 20.5. The first-order valence-electron chi connectivity index (χ1n) is 8.99. The van der Waals surface area contributed by atoms with Crippen molar-refractivity contribution in [2.24, 2.45) is 0 Å². The van der Waals surface area contributed by atoms with Crippen molar-refractivity contribution in [3.05, 3.63) is 59.7 Å². The van der Waals surface area contributed by atoms with E-state index in [1.54, 1.807) is 12.0 Å². The molecule has 0 spiro atoms. The van der Waals surface area contributed by atoms with E-state index in [0.29, 0.717) is 6.42 Å². The minimum Gasteiger partial charge on any atom is -0.497 e. The Morgan fingerprint density at radius 2 is 1.85 bits per heavy atom. The number of methoxy groups -OCH3 is 1. The van der Waals surface area contributed by atoms with Gasteiger partial charge in [-0.05, 0) is 47.2 Å². The number of ether oxygens (including phenoxy) is 1. The van der Waals surface area contributed by atoms with Gasteiger partial charge in [-0.15, -0.1) is 0 Å². The Morgan fingerprint density at radius 1 is 1.15 bits per heavy atom. The molecular weight excluding hydrogens is 329 g/mol. The van der Waals surface area contributed by atoms with Gasteiger partial charge in [-0.3, -0.25) is 4.79 Å². The molecule has 0 aliphatic carbocycles. The van der Waals surface area contributed by atoms with E-state index in [1.807, 2.05) is 48.5 Å². The number of alkyl halides is 1. The molecule has 3 rings (SSSR count). The lowest BCUT2D eigenvalue weighted by atomic mass is 9.87. The SMILES string of the molecule is COc1cccc(CC2C(F)CC(=O)N2c2ccc(C(C)(C)C)cc2)c1. The lowest BCUT2D eigenvalue weighted by molar-refractivity contribution is -0.117. The summed E-state index contributed by atoms with van der Waals surface area (Å²) in [5.74, 6) is 0.581. The first-order valence-corrected chi connectivity index (χ1v) is 8.99. The van der Waals surface area contributed by atoms with E-state index >= 15 is 0 Å². The average molecular weight is 355 g/mol. The minimum absolute atomic E-state index is 0.0379. The predicted octanol–water partition coefficient (Wildman–Crippen LogP) is 4.68. The van der Waals surface area contributed by atoms with Gasteiger partial charge in [-0.2, -0.15) is 0 Å². The molecular formula is C22H26FNO2. The molecule has 1 fully saturated rings. The van der Waals surface area contributed by atoms with E-state index in [0.717, 1.165) is 17.0 Å². The largest absolute Gasteiger partial charge is 0.497 e. The molecule has 138 valence electrons. The zero-order valence-corrected chi connectivity index (χ0v) is 15.8. The highest BCUT2D eigenvalue weighted by Gasteiger charge is 2.40. The van der Waals surface area contributed by atoms with Crippen LogP contribution in [0.3, 0.4) is 0 Å². The zero-order chi connectivity index (χ0) is 18.9. The van der Waals surface area contributed by atoms with Crippen LogP contribution >= 0.6 is 0 Å². The van der Waals surface area contributed by atoms with Gasteiger partial charge in [0.2, 0.25) is 5.91 Å². The van der Waals surface area contributed by atoms with Crippen molar-refractivity contribution >= 4 is 11.6 Å². The fourth-order valence-electron chi connectivity index (χ4n) is 3.47. The van der Waals surface area contributed by atoms with Crippen LogP contribution in [0.25, 0.3) is 0 Å². The van der Waals surface area contributed by atoms with Crippen LogP contribution in [0, 0.1) is 0 Å². The Hall–Kier alpha value is -2.36. The molecule has 0 aromatic heterocycles. The van der Waals surface area contributed by atoms with Gasteiger partial charge in [0.25, 0.3) is 0 Å². The second-order valence-corrected chi connectivity index (χ2v) is 7.90.